The van der Waals surface area contributed by atoms with Crippen molar-refractivity contribution in [2.45, 2.75) is 12.0 Å². The van der Waals surface area contributed by atoms with E-state index in [2.05, 4.69) is 4.90 Å². The summed E-state index contributed by atoms with van der Waals surface area (Å²) < 4.78 is 12.9. The number of benzene rings is 1. The van der Waals surface area contributed by atoms with Gasteiger partial charge in [0, 0.05) is 30.1 Å². The number of nitrogens with zero attached hydrogens (tertiary/aromatic N) is 1. The lowest BCUT2D eigenvalue weighted by molar-refractivity contribution is 0.407. The Morgan fingerprint density at radius 3 is 2.73 bits per heavy atom. The highest BCUT2D eigenvalue weighted by Gasteiger charge is 2.30. The van der Waals surface area contributed by atoms with Gasteiger partial charge in [-0.15, -0.1) is 0 Å². The van der Waals surface area contributed by atoms with Crippen LogP contribution in [0.2, 0.25) is 5.02 Å². The molecule has 2 N–H and O–H groups in total. The number of rotatable bonds is 1. The molecule has 2 unspecified atom stereocenters. The first-order valence-corrected chi connectivity index (χ1v) is 5.35. The van der Waals surface area contributed by atoms with Gasteiger partial charge in [0.1, 0.15) is 5.82 Å². The van der Waals surface area contributed by atoms with Gasteiger partial charge in [0.2, 0.25) is 0 Å². The Kier molecular flexibility index (Phi) is 2.96. The van der Waals surface area contributed by atoms with Crippen molar-refractivity contribution >= 4 is 11.6 Å². The van der Waals surface area contributed by atoms with Gasteiger partial charge >= 0.3 is 0 Å². The van der Waals surface area contributed by atoms with E-state index in [4.69, 9.17) is 17.3 Å². The molecule has 0 radical (unpaired) electrons. The van der Waals surface area contributed by atoms with Crippen molar-refractivity contribution in [3.05, 3.63) is 34.6 Å². The van der Waals surface area contributed by atoms with Crippen molar-refractivity contribution in [1.29, 1.82) is 0 Å². The molecule has 1 aromatic rings. The van der Waals surface area contributed by atoms with E-state index in [0.29, 0.717) is 5.02 Å². The minimum Gasteiger partial charge on any atom is -0.326 e. The van der Waals surface area contributed by atoms with Crippen LogP contribution in [0.1, 0.15) is 11.5 Å². The van der Waals surface area contributed by atoms with Crippen LogP contribution < -0.4 is 5.73 Å². The van der Waals surface area contributed by atoms with E-state index < -0.39 is 0 Å². The first-order chi connectivity index (χ1) is 7.08. The summed E-state index contributed by atoms with van der Waals surface area (Å²) in [6, 6.07) is 4.60. The zero-order valence-electron chi connectivity index (χ0n) is 8.58. The Labute approximate surface area is 93.8 Å². The van der Waals surface area contributed by atoms with Gasteiger partial charge in [0.25, 0.3) is 0 Å². The van der Waals surface area contributed by atoms with Crippen molar-refractivity contribution < 1.29 is 4.39 Å². The maximum Gasteiger partial charge on any atom is 0.124 e. The van der Waals surface area contributed by atoms with E-state index in [-0.39, 0.29) is 17.8 Å². The second kappa shape index (κ2) is 4.08. The zero-order valence-corrected chi connectivity index (χ0v) is 9.34. The average molecular weight is 229 g/mol. The van der Waals surface area contributed by atoms with Gasteiger partial charge in [-0.2, -0.15) is 0 Å². The predicted octanol–water partition coefficient (Wildman–Crippen LogP) is 1.84. The third-order valence-electron chi connectivity index (χ3n) is 2.91. The summed E-state index contributed by atoms with van der Waals surface area (Å²) in [5.74, 6) is -0.0910. The maximum absolute atomic E-state index is 12.9. The van der Waals surface area contributed by atoms with Crippen LogP contribution in [0, 0.1) is 5.82 Å². The predicted molar refractivity (Wildman–Crippen MR) is 59.6 cm³/mol. The van der Waals surface area contributed by atoms with Crippen LogP contribution in [0.4, 0.5) is 4.39 Å². The number of nitrogens with two attached hydrogens (primary N) is 1. The van der Waals surface area contributed by atoms with Crippen LogP contribution in [-0.4, -0.2) is 31.1 Å². The number of hydrogen-bond donors (Lipinski definition) is 1. The minimum absolute atomic E-state index is 0.0814. The fourth-order valence-corrected chi connectivity index (χ4v) is 2.47. The third-order valence-corrected chi connectivity index (χ3v) is 3.24. The molecule has 2 atom stereocenters. The molecule has 1 aromatic carbocycles. The molecule has 0 amide bonds. The molecule has 0 bridgehead atoms. The Bertz CT molecular complexity index is 370. The highest BCUT2D eigenvalue weighted by molar-refractivity contribution is 6.31. The largest absolute Gasteiger partial charge is 0.326 e. The molecule has 0 aromatic heterocycles. The smallest absolute Gasteiger partial charge is 0.124 e. The molecule has 0 spiro atoms. The van der Waals surface area contributed by atoms with Gasteiger partial charge < -0.3 is 10.6 Å². The Morgan fingerprint density at radius 1 is 1.47 bits per heavy atom. The zero-order chi connectivity index (χ0) is 11.0. The van der Waals surface area contributed by atoms with Crippen LogP contribution in [-0.2, 0) is 0 Å². The summed E-state index contributed by atoms with van der Waals surface area (Å²) in [7, 11) is 2.03. The van der Waals surface area contributed by atoms with Gasteiger partial charge in [0.15, 0.2) is 0 Å². The molecule has 0 aliphatic carbocycles. The Morgan fingerprint density at radius 2 is 2.20 bits per heavy atom. The van der Waals surface area contributed by atoms with Crippen molar-refractivity contribution in [2.24, 2.45) is 5.73 Å². The number of halogens is 2. The maximum atomic E-state index is 12.9. The summed E-state index contributed by atoms with van der Waals surface area (Å²) in [5.41, 5.74) is 6.97. The topological polar surface area (TPSA) is 29.3 Å². The van der Waals surface area contributed by atoms with Gasteiger partial charge in [-0.05, 0) is 24.7 Å². The van der Waals surface area contributed by atoms with E-state index in [0.717, 1.165) is 18.7 Å². The monoisotopic (exact) mass is 228 g/mol. The normalized spacial score (nSPS) is 27.2. The highest BCUT2D eigenvalue weighted by Crippen LogP contribution is 2.31. The summed E-state index contributed by atoms with van der Waals surface area (Å²) in [6.07, 6.45) is 0. The van der Waals surface area contributed by atoms with Gasteiger partial charge in [0.05, 0.1) is 0 Å². The molecule has 0 saturated carbocycles. The van der Waals surface area contributed by atoms with E-state index in [1.165, 1.54) is 12.1 Å². The van der Waals surface area contributed by atoms with Gasteiger partial charge in [-0.1, -0.05) is 17.7 Å². The molecule has 1 heterocycles. The second-order valence-corrected chi connectivity index (χ2v) is 4.56. The lowest BCUT2D eigenvalue weighted by atomic mass is 9.95. The van der Waals surface area contributed by atoms with E-state index >= 15 is 0 Å². The molecule has 1 fully saturated rings. The molecule has 1 saturated heterocycles. The van der Waals surface area contributed by atoms with Crippen molar-refractivity contribution in [3.63, 3.8) is 0 Å². The number of hydrogen-bond acceptors (Lipinski definition) is 2. The Hall–Kier alpha value is -0.640. The summed E-state index contributed by atoms with van der Waals surface area (Å²) in [6.45, 7) is 1.74. The van der Waals surface area contributed by atoms with E-state index in [1.807, 2.05) is 7.05 Å². The number of likely N-dealkylation sites (N-methyl/N-ethyl adjacent to an activating group) is 1. The highest BCUT2D eigenvalue weighted by atomic mass is 35.5. The molecule has 1 aliphatic heterocycles. The summed E-state index contributed by atoms with van der Waals surface area (Å²) in [5, 5.41) is 0.478. The van der Waals surface area contributed by atoms with Crippen LogP contribution in [0.15, 0.2) is 18.2 Å². The van der Waals surface area contributed by atoms with E-state index in [1.54, 1.807) is 6.07 Å². The average Bonchev–Trinajstić information content (AvgIpc) is 2.45. The minimum atomic E-state index is -0.302. The molecule has 82 valence electrons. The molecular weight excluding hydrogens is 215 g/mol. The molecule has 1 aliphatic rings. The van der Waals surface area contributed by atoms with Crippen LogP contribution in [0.3, 0.4) is 0 Å². The fraction of sp³-hybridized carbons (Fsp3) is 0.455. The molecular formula is C11H14ClFN2. The Balaban J connectivity index is 2.29. The van der Waals surface area contributed by atoms with Crippen molar-refractivity contribution in [2.75, 3.05) is 20.1 Å². The fourth-order valence-electron chi connectivity index (χ4n) is 2.16. The third kappa shape index (κ3) is 2.14. The number of likely N-dealkylation sites (tertiary alicyclic amines) is 1. The van der Waals surface area contributed by atoms with E-state index in [9.17, 15) is 4.39 Å². The van der Waals surface area contributed by atoms with Gasteiger partial charge in [-0.3, -0.25) is 0 Å². The molecule has 2 rings (SSSR count). The standard InChI is InChI=1S/C11H14ClFN2/c1-15-5-9(11(14)6-15)8-3-2-7(13)4-10(8)12/h2-4,9,11H,5-6,14H2,1H3. The first-order valence-electron chi connectivity index (χ1n) is 4.97. The first kappa shape index (κ1) is 10.9. The van der Waals surface area contributed by atoms with Crippen LogP contribution >= 0.6 is 11.6 Å². The lowest BCUT2D eigenvalue weighted by Crippen LogP contribution is -2.28. The SMILES string of the molecule is CN1CC(N)C(c2ccc(F)cc2Cl)C1. The quantitative estimate of drug-likeness (QED) is 0.795. The molecule has 4 heteroatoms. The van der Waals surface area contributed by atoms with Crippen LogP contribution in [0.5, 0.6) is 0 Å². The second-order valence-electron chi connectivity index (χ2n) is 4.16. The molecule has 15 heavy (non-hydrogen) atoms. The summed E-state index contributed by atoms with van der Waals surface area (Å²) >= 11 is 6.01. The van der Waals surface area contributed by atoms with Crippen molar-refractivity contribution in [1.82, 2.24) is 4.90 Å². The van der Waals surface area contributed by atoms with Crippen LogP contribution in [0.25, 0.3) is 0 Å². The lowest BCUT2D eigenvalue weighted by Gasteiger charge is -2.16. The van der Waals surface area contributed by atoms with Gasteiger partial charge in [-0.25, -0.2) is 4.39 Å². The molecule has 2 nitrogen and oxygen atoms in total. The van der Waals surface area contributed by atoms with Crippen molar-refractivity contribution in [3.8, 4) is 0 Å². The summed E-state index contributed by atoms with van der Waals surface area (Å²) in [4.78, 5) is 2.16.